The Kier molecular flexibility index (Phi) is 2.39. The Bertz CT molecular complexity index is 835. The van der Waals surface area contributed by atoms with Gasteiger partial charge in [0, 0.05) is 0 Å². The molecule has 0 radical (unpaired) electrons. The van der Waals surface area contributed by atoms with Crippen LogP contribution in [0.5, 0.6) is 0 Å². The monoisotopic (exact) mass is 348 g/mol. The van der Waals surface area contributed by atoms with E-state index in [-0.39, 0.29) is 12.2 Å². The molecule has 9 heteroatoms. The van der Waals surface area contributed by atoms with Gasteiger partial charge in [0.2, 0.25) is 0 Å². The summed E-state index contributed by atoms with van der Waals surface area (Å²) < 4.78 is 5.22. The zero-order valence-electron chi connectivity index (χ0n) is 8.17. The van der Waals surface area contributed by atoms with Crippen molar-refractivity contribution in [3.8, 4) is 0 Å². The van der Waals surface area contributed by atoms with Crippen LogP contribution in [-0.2, 0) is 0 Å². The van der Waals surface area contributed by atoms with Gasteiger partial charge in [0.1, 0.15) is 0 Å². The lowest BCUT2D eigenvalue weighted by Crippen LogP contribution is -1.73. The third-order valence-corrected chi connectivity index (χ3v) is 9.30. The molecule has 4 aromatic rings. The normalized spacial score (nSPS) is 12.0. The number of hydrogen-bond donors (Lipinski definition) is 0. The van der Waals surface area contributed by atoms with Gasteiger partial charge in [-0.25, -0.2) is 0 Å². The van der Waals surface area contributed by atoms with Crippen molar-refractivity contribution in [2.24, 2.45) is 0 Å². The molecule has 0 aliphatic carbocycles. The smallest absolute Gasteiger partial charge is 0.265 e. The van der Waals surface area contributed by atoms with Crippen molar-refractivity contribution in [2.45, 2.75) is 0 Å². The van der Waals surface area contributed by atoms with Crippen molar-refractivity contribution in [3.05, 3.63) is 26.6 Å². The Morgan fingerprint density at radius 3 is 0.722 bits per heavy atom. The minimum Gasteiger partial charge on any atom is -0.265 e. The molecule has 0 N–H and O–H groups in total. The first-order valence-electron chi connectivity index (χ1n) is 4.56. The topological polar surface area (TPSA) is 51.2 Å². The molecule has 0 saturated heterocycles. The molecule has 1 aromatic carbocycles. The average molecular weight is 348 g/mol. The van der Waals surface area contributed by atoms with Crippen molar-refractivity contribution < 1.29 is 0 Å². The lowest BCUT2D eigenvalue weighted by atomic mass is 10.3. The number of benzene rings is 1. The summed E-state index contributed by atoms with van der Waals surface area (Å²) in [6, 6.07) is 0. The van der Waals surface area contributed by atoms with Crippen LogP contribution in [0.1, 0.15) is 0 Å². The van der Waals surface area contributed by atoms with Gasteiger partial charge in [-0.3, -0.25) is 14.4 Å². The fourth-order valence-electron chi connectivity index (χ4n) is 1.74. The number of rotatable bonds is 0. The van der Waals surface area contributed by atoms with E-state index >= 15 is 0 Å². The highest BCUT2D eigenvalue weighted by Crippen LogP contribution is 2.43. The average Bonchev–Trinajstić information content (AvgIpc) is 2.93. The highest BCUT2D eigenvalue weighted by Gasteiger charge is 2.17. The molecule has 0 spiro atoms. The summed E-state index contributed by atoms with van der Waals surface area (Å²) in [7, 11) is 0. The molecule has 4 rings (SSSR count). The third-order valence-electron chi connectivity index (χ3n) is 2.35. The molecular formula is C9O3S6. The largest absolute Gasteiger partial charge is 0.288 e. The zero-order chi connectivity index (χ0) is 12.4. The van der Waals surface area contributed by atoms with Crippen molar-refractivity contribution in [1.29, 1.82) is 0 Å². The maximum Gasteiger partial charge on any atom is 0.288 e. The van der Waals surface area contributed by atoms with E-state index in [9.17, 15) is 14.4 Å². The fourth-order valence-corrected chi connectivity index (χ4v) is 8.96. The SMILES string of the molecule is O=c1sc2c3sc(=O)sc3c3sc(=O)sc3c2s1. The molecule has 0 bridgehead atoms. The van der Waals surface area contributed by atoms with E-state index in [4.69, 9.17) is 0 Å². The van der Waals surface area contributed by atoms with Crippen LogP contribution >= 0.6 is 68.0 Å². The molecule has 0 atom stereocenters. The van der Waals surface area contributed by atoms with E-state index in [1.807, 2.05) is 0 Å². The van der Waals surface area contributed by atoms with Crippen LogP contribution in [0.25, 0.3) is 28.2 Å². The second kappa shape index (κ2) is 3.78. The summed E-state index contributed by atoms with van der Waals surface area (Å²) in [4.78, 5) is 34.8. The van der Waals surface area contributed by atoms with Crippen LogP contribution in [0.4, 0.5) is 0 Å². The second-order valence-electron chi connectivity index (χ2n) is 3.34. The Morgan fingerprint density at radius 1 is 0.389 bits per heavy atom. The highest BCUT2D eigenvalue weighted by atomic mass is 32.2. The van der Waals surface area contributed by atoms with Crippen molar-refractivity contribution >= 4 is 96.2 Å². The molecule has 0 saturated carbocycles. The highest BCUT2D eigenvalue weighted by molar-refractivity contribution is 7.47. The second-order valence-corrected chi connectivity index (χ2v) is 10.0. The van der Waals surface area contributed by atoms with Crippen LogP contribution in [0, 0.1) is 0 Å². The lowest BCUT2D eigenvalue weighted by molar-refractivity contribution is 2.25. The molecule has 90 valence electrons. The predicted molar refractivity (Wildman–Crippen MR) is 85.0 cm³/mol. The Labute approximate surface area is 122 Å². The fraction of sp³-hybridized carbons (Fsp3) is 0. The van der Waals surface area contributed by atoms with Gasteiger partial charge in [0.05, 0.1) is 28.2 Å². The van der Waals surface area contributed by atoms with Crippen LogP contribution in [0.2, 0.25) is 0 Å². The Hall–Kier alpha value is -0.450. The van der Waals surface area contributed by atoms with Gasteiger partial charge >= 0.3 is 0 Å². The van der Waals surface area contributed by atoms with E-state index in [0.29, 0.717) is 0 Å². The first-order valence-corrected chi connectivity index (χ1v) is 9.46. The number of hydrogen-bond acceptors (Lipinski definition) is 9. The molecule has 0 amide bonds. The molecule has 0 aliphatic heterocycles. The van der Waals surface area contributed by atoms with Crippen LogP contribution in [0.15, 0.2) is 14.4 Å². The van der Waals surface area contributed by atoms with Crippen LogP contribution in [0.3, 0.4) is 0 Å². The summed E-state index contributed by atoms with van der Waals surface area (Å²) in [5.41, 5.74) is 0. The summed E-state index contributed by atoms with van der Waals surface area (Å²) in [6.45, 7) is 0. The molecular weight excluding hydrogens is 348 g/mol. The molecule has 18 heavy (non-hydrogen) atoms. The van der Waals surface area contributed by atoms with Gasteiger partial charge < -0.3 is 0 Å². The van der Waals surface area contributed by atoms with Gasteiger partial charge in [-0.2, -0.15) is 0 Å². The van der Waals surface area contributed by atoms with Crippen molar-refractivity contribution in [2.75, 3.05) is 0 Å². The third kappa shape index (κ3) is 1.46. The first kappa shape index (κ1) is 11.4. The van der Waals surface area contributed by atoms with Crippen molar-refractivity contribution in [3.63, 3.8) is 0 Å². The van der Waals surface area contributed by atoms with Gasteiger partial charge in [-0.1, -0.05) is 68.0 Å². The van der Waals surface area contributed by atoms with Gasteiger partial charge in [0.15, 0.2) is 0 Å². The summed E-state index contributed by atoms with van der Waals surface area (Å²) in [5, 5.41) is 0. The maximum absolute atomic E-state index is 11.6. The van der Waals surface area contributed by atoms with E-state index < -0.39 is 0 Å². The molecule has 3 nitrogen and oxygen atoms in total. The Balaban J connectivity index is 2.56. The van der Waals surface area contributed by atoms with Crippen molar-refractivity contribution in [1.82, 2.24) is 0 Å². The van der Waals surface area contributed by atoms with E-state index in [2.05, 4.69) is 0 Å². The summed E-state index contributed by atoms with van der Waals surface area (Å²) >= 11 is 7.02. The number of fused-ring (bicyclic) bond motifs is 6. The standard InChI is InChI=1S/C9O3S6/c10-7-13-1-2(14-7)4-6(18-9(12)17-4)5-3(1)15-8(11)16-5. The molecule has 0 fully saturated rings. The van der Waals surface area contributed by atoms with Gasteiger partial charge in [-0.05, 0) is 0 Å². The molecule has 3 aromatic heterocycles. The quantitative estimate of drug-likeness (QED) is 0.488. The zero-order valence-corrected chi connectivity index (χ0v) is 13.1. The first-order chi connectivity index (χ1) is 8.63. The van der Waals surface area contributed by atoms with Crippen LogP contribution in [-0.4, -0.2) is 0 Å². The van der Waals surface area contributed by atoms with E-state index in [1.54, 1.807) is 0 Å². The minimum atomic E-state index is 0.00972. The van der Waals surface area contributed by atoms with Gasteiger partial charge in [-0.15, -0.1) is 0 Å². The molecule has 0 aliphatic rings. The van der Waals surface area contributed by atoms with Crippen LogP contribution < -0.4 is 12.2 Å². The minimum absolute atomic E-state index is 0.00972. The maximum atomic E-state index is 11.6. The van der Waals surface area contributed by atoms with E-state index in [0.717, 1.165) is 28.2 Å². The molecule has 3 heterocycles. The molecule has 0 unspecified atom stereocenters. The van der Waals surface area contributed by atoms with Gasteiger partial charge in [0.25, 0.3) is 12.2 Å². The predicted octanol–water partition coefficient (Wildman–Crippen LogP) is 3.60. The Morgan fingerprint density at radius 2 is 0.556 bits per heavy atom. The summed E-state index contributed by atoms with van der Waals surface area (Å²) in [5.74, 6) is 0. The summed E-state index contributed by atoms with van der Waals surface area (Å²) in [6.07, 6.45) is 0. The lowest BCUT2D eigenvalue weighted by Gasteiger charge is -1.92. The van der Waals surface area contributed by atoms with E-state index in [1.165, 1.54) is 68.0 Å².